The Hall–Kier alpha value is -2.08. The average Bonchev–Trinajstić information content (AvgIpc) is 2.81. The zero-order valence-corrected chi connectivity index (χ0v) is 20.9. The van der Waals surface area contributed by atoms with Gasteiger partial charge in [0, 0.05) is 20.7 Å². The van der Waals surface area contributed by atoms with Gasteiger partial charge in [-0.1, -0.05) is 117 Å². The Labute approximate surface area is 198 Å². The summed E-state index contributed by atoms with van der Waals surface area (Å²) in [4.78, 5) is 1.46. The van der Waals surface area contributed by atoms with E-state index in [1.54, 1.807) is 0 Å². The summed E-state index contributed by atoms with van der Waals surface area (Å²) < 4.78 is 0. The van der Waals surface area contributed by atoms with E-state index in [0.717, 1.165) is 6.42 Å². The third kappa shape index (κ3) is 3.91. The van der Waals surface area contributed by atoms with Crippen LogP contribution in [-0.2, 0) is 6.42 Å². The molecule has 0 bridgehead atoms. The molecule has 2 aliphatic rings. The summed E-state index contributed by atoms with van der Waals surface area (Å²) in [6.07, 6.45) is 9.99. The first kappa shape index (κ1) is 21.7. The van der Waals surface area contributed by atoms with Gasteiger partial charge in [0.25, 0.3) is 0 Å². The van der Waals surface area contributed by atoms with Crippen LogP contribution in [0.3, 0.4) is 0 Å². The van der Waals surface area contributed by atoms with E-state index < -0.39 is 7.92 Å². The van der Waals surface area contributed by atoms with E-state index in [1.807, 2.05) is 0 Å². The molecule has 2 heteroatoms. The van der Waals surface area contributed by atoms with Crippen molar-refractivity contribution in [1.82, 2.24) is 0 Å². The standard InChI is InChI=1S/C30H31PS/c1-23-22-29(2,3)20-21-30(23,28-19-18-24-12-10-11-17-27(24)32-28)31(25-13-6-4-7-14-25)26-15-8-5-9-16-26/h4-17,20-22,28H,18-19H2,1-3H3. The second kappa shape index (κ2) is 8.69. The summed E-state index contributed by atoms with van der Waals surface area (Å²) in [5, 5.41) is 3.43. The first-order valence-electron chi connectivity index (χ1n) is 11.5. The van der Waals surface area contributed by atoms with Gasteiger partial charge in [0.2, 0.25) is 0 Å². The average molecular weight is 455 g/mol. The highest BCUT2D eigenvalue weighted by molar-refractivity contribution is 8.00. The van der Waals surface area contributed by atoms with Gasteiger partial charge in [0.1, 0.15) is 0 Å². The van der Waals surface area contributed by atoms with Gasteiger partial charge in [-0.15, -0.1) is 11.8 Å². The number of allylic oxidation sites excluding steroid dienone is 4. The lowest BCUT2D eigenvalue weighted by atomic mass is 9.78. The van der Waals surface area contributed by atoms with Crippen LogP contribution in [0.1, 0.15) is 32.8 Å². The maximum Gasteiger partial charge on any atom is 0.0493 e. The molecule has 0 amide bonds. The first-order chi connectivity index (χ1) is 15.5. The maximum atomic E-state index is 2.61. The van der Waals surface area contributed by atoms with Crippen molar-refractivity contribution < 1.29 is 0 Å². The van der Waals surface area contributed by atoms with Crippen LogP contribution in [0.5, 0.6) is 0 Å². The van der Waals surface area contributed by atoms with Gasteiger partial charge in [0.15, 0.2) is 0 Å². The second-order valence-electron chi connectivity index (χ2n) is 9.57. The number of aryl methyl sites for hydroxylation is 1. The van der Waals surface area contributed by atoms with E-state index in [2.05, 4.69) is 136 Å². The molecular weight excluding hydrogens is 423 g/mol. The van der Waals surface area contributed by atoms with Crippen LogP contribution >= 0.6 is 19.7 Å². The van der Waals surface area contributed by atoms with Crippen molar-refractivity contribution in [2.24, 2.45) is 5.41 Å². The minimum atomic E-state index is -0.622. The largest absolute Gasteiger partial charge is 0.121 e. The molecule has 32 heavy (non-hydrogen) atoms. The van der Waals surface area contributed by atoms with Crippen molar-refractivity contribution in [3.05, 3.63) is 114 Å². The van der Waals surface area contributed by atoms with Crippen LogP contribution in [0.25, 0.3) is 0 Å². The fourth-order valence-electron chi connectivity index (χ4n) is 5.32. The summed E-state index contributed by atoms with van der Waals surface area (Å²) in [6.45, 7) is 7.05. The Morgan fingerprint density at radius 3 is 2.00 bits per heavy atom. The van der Waals surface area contributed by atoms with E-state index >= 15 is 0 Å². The lowest BCUT2D eigenvalue weighted by Gasteiger charge is -2.50. The van der Waals surface area contributed by atoms with Crippen LogP contribution in [0.4, 0.5) is 0 Å². The van der Waals surface area contributed by atoms with E-state index in [4.69, 9.17) is 0 Å². The van der Waals surface area contributed by atoms with E-state index in [9.17, 15) is 0 Å². The third-order valence-corrected chi connectivity index (χ3v) is 11.7. The van der Waals surface area contributed by atoms with E-state index in [0.29, 0.717) is 5.25 Å². The van der Waals surface area contributed by atoms with Crippen LogP contribution in [0.2, 0.25) is 0 Å². The molecule has 0 radical (unpaired) electrons. The van der Waals surface area contributed by atoms with Crippen molar-refractivity contribution in [3.63, 3.8) is 0 Å². The summed E-state index contributed by atoms with van der Waals surface area (Å²) in [6, 6.07) is 31.5. The van der Waals surface area contributed by atoms with Gasteiger partial charge in [-0.25, -0.2) is 0 Å². The number of benzene rings is 3. The van der Waals surface area contributed by atoms with Gasteiger partial charge < -0.3 is 0 Å². The molecule has 0 nitrogen and oxygen atoms in total. The smallest absolute Gasteiger partial charge is 0.0493 e. The molecular formula is C30H31PS. The minimum Gasteiger partial charge on any atom is -0.121 e. The van der Waals surface area contributed by atoms with Crippen molar-refractivity contribution in [2.45, 2.75) is 48.9 Å². The number of rotatable bonds is 4. The van der Waals surface area contributed by atoms with Gasteiger partial charge >= 0.3 is 0 Å². The van der Waals surface area contributed by atoms with E-state index in [-0.39, 0.29) is 10.6 Å². The van der Waals surface area contributed by atoms with Crippen LogP contribution in [0, 0.1) is 5.41 Å². The molecule has 3 aromatic carbocycles. The molecule has 0 spiro atoms. The second-order valence-corrected chi connectivity index (χ2v) is 13.3. The molecule has 2 unspecified atom stereocenters. The Morgan fingerprint density at radius 1 is 0.781 bits per heavy atom. The molecule has 1 heterocycles. The van der Waals surface area contributed by atoms with Gasteiger partial charge in [0.05, 0.1) is 0 Å². The summed E-state index contributed by atoms with van der Waals surface area (Å²) >= 11 is 2.11. The van der Waals surface area contributed by atoms with Crippen LogP contribution in [-0.4, -0.2) is 10.4 Å². The highest BCUT2D eigenvalue weighted by Gasteiger charge is 2.49. The molecule has 0 fully saturated rings. The molecule has 0 N–H and O–H groups in total. The maximum absolute atomic E-state index is 2.61. The summed E-state index contributed by atoms with van der Waals surface area (Å²) in [5.41, 5.74) is 3.13. The Bertz CT molecular complexity index is 1110. The van der Waals surface area contributed by atoms with Crippen molar-refractivity contribution in [2.75, 3.05) is 0 Å². The number of fused-ring (bicyclic) bond motifs is 1. The molecule has 1 aliphatic carbocycles. The third-order valence-electron chi connectivity index (χ3n) is 6.79. The molecule has 3 aromatic rings. The zero-order chi connectivity index (χ0) is 22.2. The highest BCUT2D eigenvalue weighted by atomic mass is 32.2. The molecule has 1 aliphatic heterocycles. The predicted octanol–water partition coefficient (Wildman–Crippen LogP) is 7.51. The summed E-state index contributed by atoms with van der Waals surface area (Å²) in [5.74, 6) is 0. The molecule has 0 saturated carbocycles. The molecule has 0 saturated heterocycles. The lowest BCUT2D eigenvalue weighted by Crippen LogP contribution is -2.46. The quantitative estimate of drug-likeness (QED) is 0.290. The van der Waals surface area contributed by atoms with Gasteiger partial charge in [-0.3, -0.25) is 0 Å². The first-order valence-corrected chi connectivity index (χ1v) is 13.8. The predicted molar refractivity (Wildman–Crippen MR) is 143 cm³/mol. The normalized spacial score (nSPS) is 24.1. The highest BCUT2D eigenvalue weighted by Crippen LogP contribution is 2.62. The number of thioether (sulfide) groups is 1. The monoisotopic (exact) mass is 454 g/mol. The fraction of sp³-hybridized carbons (Fsp3) is 0.267. The Kier molecular flexibility index (Phi) is 5.91. The summed E-state index contributed by atoms with van der Waals surface area (Å²) in [7, 11) is -0.622. The molecule has 2 atom stereocenters. The van der Waals surface area contributed by atoms with Gasteiger partial charge in [-0.2, -0.15) is 0 Å². The topological polar surface area (TPSA) is 0 Å². The Morgan fingerprint density at radius 2 is 1.38 bits per heavy atom. The Balaban J connectivity index is 1.72. The van der Waals surface area contributed by atoms with Crippen molar-refractivity contribution in [3.8, 4) is 0 Å². The minimum absolute atomic E-state index is 0.00818. The van der Waals surface area contributed by atoms with Crippen molar-refractivity contribution in [1.29, 1.82) is 0 Å². The van der Waals surface area contributed by atoms with Crippen molar-refractivity contribution >= 4 is 30.3 Å². The molecule has 162 valence electrons. The number of hydrogen-bond acceptors (Lipinski definition) is 1. The number of hydrogen-bond donors (Lipinski definition) is 0. The SMILES string of the molecule is CC1=CC(C)(C)C=CC1(C1CCc2ccccc2S1)P(c1ccccc1)c1ccccc1. The molecule has 5 rings (SSSR count). The zero-order valence-electron chi connectivity index (χ0n) is 19.2. The van der Waals surface area contributed by atoms with Gasteiger partial charge in [-0.05, 0) is 49.9 Å². The molecule has 0 aromatic heterocycles. The fourth-order valence-corrected chi connectivity index (χ4v) is 10.4. The van der Waals surface area contributed by atoms with E-state index in [1.165, 1.54) is 33.1 Å². The van der Waals surface area contributed by atoms with Crippen LogP contribution < -0.4 is 10.6 Å². The van der Waals surface area contributed by atoms with Crippen LogP contribution in [0.15, 0.2) is 114 Å². The lowest BCUT2D eigenvalue weighted by molar-refractivity contribution is 0.568.